The minimum atomic E-state index is -0.546. The summed E-state index contributed by atoms with van der Waals surface area (Å²) in [6.07, 6.45) is 2.55. The van der Waals surface area contributed by atoms with E-state index in [1.54, 1.807) is 12.1 Å². The predicted octanol–water partition coefficient (Wildman–Crippen LogP) is 2.53. The van der Waals surface area contributed by atoms with E-state index in [1.807, 2.05) is 0 Å². The predicted molar refractivity (Wildman–Crippen MR) is 75.5 cm³/mol. The summed E-state index contributed by atoms with van der Waals surface area (Å²) >= 11 is 0. The van der Waals surface area contributed by atoms with E-state index in [9.17, 15) is 14.9 Å². The van der Waals surface area contributed by atoms with Crippen molar-refractivity contribution in [2.45, 2.75) is 6.61 Å². The fourth-order valence-corrected chi connectivity index (χ4v) is 1.70. The molecule has 0 fully saturated rings. The first kappa shape index (κ1) is 15.2. The highest BCUT2D eigenvalue weighted by molar-refractivity contribution is 5.90. The molecule has 114 valence electrons. The summed E-state index contributed by atoms with van der Waals surface area (Å²) in [5, 5.41) is 14.5. The Hall–Kier alpha value is -3.16. The molecule has 0 aliphatic rings. The molecule has 8 nitrogen and oxygen atoms in total. The average Bonchev–Trinajstić information content (AvgIpc) is 2.99. The van der Waals surface area contributed by atoms with E-state index in [0.29, 0.717) is 5.56 Å². The summed E-state index contributed by atoms with van der Waals surface area (Å²) in [7, 11) is 1.26. The van der Waals surface area contributed by atoms with Crippen LogP contribution in [0.5, 0.6) is 0 Å². The number of hydrogen-bond acceptors (Lipinski definition) is 7. The number of furan rings is 1. The van der Waals surface area contributed by atoms with E-state index >= 15 is 0 Å². The molecule has 0 atom stereocenters. The van der Waals surface area contributed by atoms with E-state index in [0.717, 1.165) is 0 Å². The third-order valence-electron chi connectivity index (χ3n) is 2.75. The Labute approximate surface area is 125 Å². The molecule has 0 amide bonds. The van der Waals surface area contributed by atoms with Gasteiger partial charge >= 0.3 is 5.97 Å². The first-order valence-electron chi connectivity index (χ1n) is 6.17. The summed E-state index contributed by atoms with van der Waals surface area (Å²) in [6.45, 7) is -0.103. The average molecular weight is 304 g/mol. The number of oxime groups is 1. The van der Waals surface area contributed by atoms with Crippen LogP contribution in [-0.2, 0) is 16.2 Å². The molecule has 1 aromatic heterocycles. The Balaban J connectivity index is 2.01. The Bertz CT molecular complexity index is 707. The van der Waals surface area contributed by atoms with Crippen molar-refractivity contribution in [1.29, 1.82) is 0 Å². The molecule has 2 aromatic rings. The second kappa shape index (κ2) is 7.02. The Morgan fingerprint density at radius 3 is 2.91 bits per heavy atom. The second-order valence-electron chi connectivity index (χ2n) is 4.07. The van der Waals surface area contributed by atoms with E-state index in [1.165, 1.54) is 37.8 Å². The zero-order valence-corrected chi connectivity index (χ0v) is 11.6. The highest BCUT2D eigenvalue weighted by Crippen LogP contribution is 2.16. The molecule has 0 N–H and O–H groups in total. The van der Waals surface area contributed by atoms with Gasteiger partial charge in [-0.15, -0.1) is 0 Å². The van der Waals surface area contributed by atoms with E-state index < -0.39 is 10.9 Å². The monoisotopic (exact) mass is 304 g/mol. The Kier molecular flexibility index (Phi) is 4.86. The number of rotatable bonds is 6. The van der Waals surface area contributed by atoms with Gasteiger partial charge in [0.05, 0.1) is 30.1 Å². The number of esters is 1. The maximum atomic E-state index is 11.4. The molecular formula is C14H12N2O6. The zero-order valence-electron chi connectivity index (χ0n) is 11.6. The lowest BCUT2D eigenvalue weighted by Crippen LogP contribution is -2.03. The molecule has 0 bridgehead atoms. The zero-order chi connectivity index (χ0) is 15.9. The van der Waals surface area contributed by atoms with Crippen LogP contribution in [0.1, 0.15) is 21.7 Å². The molecule has 0 saturated carbocycles. The number of carbonyl (C=O) groups is 1. The van der Waals surface area contributed by atoms with Crippen molar-refractivity contribution in [2.24, 2.45) is 5.16 Å². The topological polar surface area (TPSA) is 104 Å². The number of nitro groups is 1. The van der Waals surface area contributed by atoms with Gasteiger partial charge in [0.15, 0.2) is 12.4 Å². The molecule has 0 spiro atoms. The first-order valence-corrected chi connectivity index (χ1v) is 6.17. The molecule has 0 aliphatic carbocycles. The van der Waals surface area contributed by atoms with Crippen molar-refractivity contribution in [3.05, 3.63) is 63.6 Å². The number of hydrogen-bond donors (Lipinski definition) is 0. The minimum absolute atomic E-state index is 0.0805. The smallest absolute Gasteiger partial charge is 0.341 e. The number of para-hydroxylation sites is 1. The minimum Gasteiger partial charge on any atom is -0.465 e. The van der Waals surface area contributed by atoms with E-state index in [-0.39, 0.29) is 23.6 Å². The van der Waals surface area contributed by atoms with Crippen molar-refractivity contribution in [3.8, 4) is 0 Å². The van der Waals surface area contributed by atoms with Gasteiger partial charge in [0, 0.05) is 6.07 Å². The molecule has 8 heteroatoms. The second-order valence-corrected chi connectivity index (χ2v) is 4.07. The number of benzene rings is 1. The van der Waals surface area contributed by atoms with Gasteiger partial charge in [-0.2, -0.15) is 0 Å². The van der Waals surface area contributed by atoms with Crippen LogP contribution in [0.4, 0.5) is 5.69 Å². The van der Waals surface area contributed by atoms with Crippen molar-refractivity contribution >= 4 is 17.9 Å². The molecule has 1 heterocycles. The normalized spacial score (nSPS) is 10.6. The fraction of sp³-hybridized carbons (Fsp3) is 0.143. The molecule has 1 aromatic carbocycles. The van der Waals surface area contributed by atoms with Gasteiger partial charge in [-0.05, 0) is 12.1 Å². The van der Waals surface area contributed by atoms with E-state index in [4.69, 9.17) is 9.25 Å². The van der Waals surface area contributed by atoms with Crippen LogP contribution in [0.2, 0.25) is 0 Å². The van der Waals surface area contributed by atoms with Crippen LogP contribution in [0, 0.1) is 10.1 Å². The number of ether oxygens (including phenoxy) is 1. The molecule has 0 saturated heterocycles. The van der Waals surface area contributed by atoms with Gasteiger partial charge in [-0.1, -0.05) is 17.3 Å². The van der Waals surface area contributed by atoms with Crippen LogP contribution < -0.4 is 0 Å². The highest BCUT2D eigenvalue weighted by Gasteiger charge is 2.15. The van der Waals surface area contributed by atoms with Crippen molar-refractivity contribution in [1.82, 2.24) is 0 Å². The third-order valence-corrected chi connectivity index (χ3v) is 2.75. The number of nitro benzene ring substituents is 1. The lowest BCUT2D eigenvalue weighted by Gasteiger charge is -2.00. The lowest BCUT2D eigenvalue weighted by molar-refractivity contribution is -0.385. The summed E-state index contributed by atoms with van der Waals surface area (Å²) < 4.78 is 9.68. The van der Waals surface area contributed by atoms with Gasteiger partial charge in [0.25, 0.3) is 5.69 Å². The van der Waals surface area contributed by atoms with Crippen LogP contribution in [0.15, 0.2) is 46.2 Å². The standard InChI is InChI=1S/C14H12N2O6/c1-20-14(17)11-6-7-21-13(11)9-22-15-8-10-4-2-3-5-12(10)16(18)19/h2-8H,9H2,1H3. The first-order chi connectivity index (χ1) is 10.6. The maximum absolute atomic E-state index is 11.4. The summed E-state index contributed by atoms with van der Waals surface area (Å²) in [6, 6.07) is 7.56. The van der Waals surface area contributed by atoms with Gasteiger partial charge in [0.1, 0.15) is 5.56 Å². The SMILES string of the molecule is COC(=O)c1ccoc1CON=Cc1ccccc1[N+](=O)[O-]. The largest absolute Gasteiger partial charge is 0.465 e. The number of methoxy groups -OCH3 is 1. The maximum Gasteiger partial charge on any atom is 0.341 e. The van der Waals surface area contributed by atoms with E-state index in [2.05, 4.69) is 9.89 Å². The van der Waals surface area contributed by atoms with Gasteiger partial charge in [-0.3, -0.25) is 10.1 Å². The molecule has 2 rings (SSSR count). The lowest BCUT2D eigenvalue weighted by atomic mass is 10.2. The molecule has 22 heavy (non-hydrogen) atoms. The molecular weight excluding hydrogens is 292 g/mol. The molecule has 0 aliphatic heterocycles. The van der Waals surface area contributed by atoms with Gasteiger partial charge < -0.3 is 14.0 Å². The molecule has 0 unspecified atom stereocenters. The Morgan fingerprint density at radius 2 is 2.18 bits per heavy atom. The van der Waals surface area contributed by atoms with Crippen molar-refractivity contribution in [2.75, 3.05) is 7.11 Å². The molecule has 0 radical (unpaired) electrons. The highest BCUT2D eigenvalue weighted by atomic mass is 16.6. The summed E-state index contributed by atoms with van der Waals surface area (Å²) in [5.41, 5.74) is 0.464. The van der Waals surface area contributed by atoms with Crippen LogP contribution in [-0.4, -0.2) is 24.2 Å². The number of nitrogens with zero attached hydrogens (tertiary/aromatic N) is 2. The van der Waals surface area contributed by atoms with Crippen LogP contribution >= 0.6 is 0 Å². The van der Waals surface area contributed by atoms with Crippen LogP contribution in [0.25, 0.3) is 0 Å². The summed E-state index contributed by atoms with van der Waals surface area (Å²) in [5.74, 6) is -0.290. The third kappa shape index (κ3) is 3.48. The van der Waals surface area contributed by atoms with Crippen molar-refractivity contribution in [3.63, 3.8) is 0 Å². The fourth-order valence-electron chi connectivity index (χ4n) is 1.70. The van der Waals surface area contributed by atoms with Crippen LogP contribution in [0.3, 0.4) is 0 Å². The number of carbonyl (C=O) groups excluding carboxylic acids is 1. The van der Waals surface area contributed by atoms with Crippen molar-refractivity contribution < 1.29 is 23.7 Å². The van der Waals surface area contributed by atoms with Gasteiger partial charge in [0.2, 0.25) is 0 Å². The summed E-state index contributed by atoms with van der Waals surface area (Å²) in [4.78, 5) is 26.7. The van der Waals surface area contributed by atoms with Gasteiger partial charge in [-0.25, -0.2) is 4.79 Å². The quantitative estimate of drug-likeness (QED) is 0.351. The Morgan fingerprint density at radius 1 is 1.41 bits per heavy atom.